The number of ether oxygens (including phenoxy) is 1. The number of benzene rings is 1. The van der Waals surface area contributed by atoms with Gasteiger partial charge in [0.2, 0.25) is 0 Å². The Kier molecular flexibility index (Phi) is 2.76. The Morgan fingerprint density at radius 3 is 2.94 bits per heavy atom. The number of para-hydroxylation sites is 1. The van der Waals surface area contributed by atoms with E-state index in [1.807, 2.05) is 37.5 Å². The van der Waals surface area contributed by atoms with Crippen LogP contribution in [0.5, 0.6) is 5.75 Å². The highest BCUT2D eigenvalue weighted by molar-refractivity contribution is 5.56. The van der Waals surface area contributed by atoms with E-state index in [9.17, 15) is 0 Å². The maximum absolute atomic E-state index is 5.64. The quantitative estimate of drug-likeness (QED) is 0.867. The van der Waals surface area contributed by atoms with E-state index in [0.717, 1.165) is 17.1 Å². The molecule has 0 bridgehead atoms. The standard InChI is InChI=1S/C14H15N3O/c1-15-10-6-11(8-16-7-10)17-13-9-18-14-5-3-2-4-12(13)14/h2-8,13,15,17H,9H2,1H3. The summed E-state index contributed by atoms with van der Waals surface area (Å²) in [6.07, 6.45) is 3.62. The van der Waals surface area contributed by atoms with Gasteiger partial charge < -0.3 is 15.4 Å². The highest BCUT2D eigenvalue weighted by atomic mass is 16.5. The van der Waals surface area contributed by atoms with Crippen molar-refractivity contribution in [3.05, 3.63) is 48.3 Å². The molecule has 4 nitrogen and oxygen atoms in total. The van der Waals surface area contributed by atoms with Gasteiger partial charge in [-0.1, -0.05) is 18.2 Å². The molecule has 0 radical (unpaired) electrons. The summed E-state index contributed by atoms with van der Waals surface area (Å²) in [5, 5.41) is 6.52. The van der Waals surface area contributed by atoms with Gasteiger partial charge in [0.05, 0.1) is 29.8 Å². The zero-order chi connectivity index (χ0) is 12.4. The van der Waals surface area contributed by atoms with Gasteiger partial charge in [-0.25, -0.2) is 0 Å². The van der Waals surface area contributed by atoms with Crippen LogP contribution in [0.2, 0.25) is 0 Å². The maximum Gasteiger partial charge on any atom is 0.124 e. The largest absolute Gasteiger partial charge is 0.491 e. The lowest BCUT2D eigenvalue weighted by molar-refractivity contribution is 0.340. The van der Waals surface area contributed by atoms with Crippen LogP contribution < -0.4 is 15.4 Å². The Hall–Kier alpha value is -2.23. The minimum Gasteiger partial charge on any atom is -0.491 e. The second-order valence-corrected chi connectivity index (χ2v) is 4.26. The predicted molar refractivity (Wildman–Crippen MR) is 72.1 cm³/mol. The number of rotatable bonds is 3. The zero-order valence-corrected chi connectivity index (χ0v) is 10.2. The van der Waals surface area contributed by atoms with E-state index in [2.05, 4.69) is 21.7 Å². The SMILES string of the molecule is CNc1cncc(NC2COc3ccccc32)c1. The fraction of sp³-hybridized carbons (Fsp3) is 0.214. The third-order valence-electron chi connectivity index (χ3n) is 3.07. The molecular weight excluding hydrogens is 226 g/mol. The lowest BCUT2D eigenvalue weighted by Gasteiger charge is -2.13. The lowest BCUT2D eigenvalue weighted by atomic mass is 10.1. The smallest absolute Gasteiger partial charge is 0.124 e. The van der Waals surface area contributed by atoms with E-state index in [-0.39, 0.29) is 6.04 Å². The molecule has 3 rings (SSSR count). The van der Waals surface area contributed by atoms with Crippen LogP contribution >= 0.6 is 0 Å². The molecule has 1 atom stereocenters. The number of hydrogen-bond acceptors (Lipinski definition) is 4. The highest BCUT2D eigenvalue weighted by Gasteiger charge is 2.23. The molecule has 2 heterocycles. The summed E-state index contributed by atoms with van der Waals surface area (Å²) in [5.41, 5.74) is 3.19. The van der Waals surface area contributed by atoms with Crippen molar-refractivity contribution < 1.29 is 4.74 Å². The maximum atomic E-state index is 5.64. The lowest BCUT2D eigenvalue weighted by Crippen LogP contribution is -2.12. The van der Waals surface area contributed by atoms with E-state index in [4.69, 9.17) is 4.74 Å². The van der Waals surface area contributed by atoms with E-state index in [1.54, 1.807) is 6.20 Å². The fourth-order valence-corrected chi connectivity index (χ4v) is 2.14. The number of aromatic nitrogens is 1. The Morgan fingerprint density at radius 1 is 1.22 bits per heavy atom. The molecule has 0 amide bonds. The average Bonchev–Trinajstić information content (AvgIpc) is 2.83. The normalized spacial score (nSPS) is 16.8. The van der Waals surface area contributed by atoms with Crippen molar-refractivity contribution in [2.75, 3.05) is 24.3 Å². The summed E-state index contributed by atoms with van der Waals surface area (Å²) < 4.78 is 5.64. The molecule has 1 aromatic carbocycles. The Balaban J connectivity index is 1.82. The molecule has 0 spiro atoms. The number of anilines is 2. The van der Waals surface area contributed by atoms with Gasteiger partial charge >= 0.3 is 0 Å². The second kappa shape index (κ2) is 4.56. The highest BCUT2D eigenvalue weighted by Crippen LogP contribution is 2.34. The molecule has 2 aromatic rings. The third-order valence-corrected chi connectivity index (χ3v) is 3.07. The van der Waals surface area contributed by atoms with Crippen LogP contribution in [0.3, 0.4) is 0 Å². The molecule has 92 valence electrons. The molecule has 4 heteroatoms. The number of pyridine rings is 1. The van der Waals surface area contributed by atoms with Crippen molar-refractivity contribution >= 4 is 11.4 Å². The van der Waals surface area contributed by atoms with Gasteiger partial charge in [-0.2, -0.15) is 0 Å². The Morgan fingerprint density at radius 2 is 2.06 bits per heavy atom. The average molecular weight is 241 g/mol. The van der Waals surface area contributed by atoms with Crippen LogP contribution in [0.4, 0.5) is 11.4 Å². The molecule has 18 heavy (non-hydrogen) atoms. The zero-order valence-electron chi connectivity index (χ0n) is 10.2. The van der Waals surface area contributed by atoms with Gasteiger partial charge in [0, 0.05) is 12.6 Å². The molecule has 0 fully saturated rings. The summed E-state index contributed by atoms with van der Waals surface area (Å²) in [4.78, 5) is 4.19. The first-order valence-electron chi connectivity index (χ1n) is 5.98. The second-order valence-electron chi connectivity index (χ2n) is 4.26. The van der Waals surface area contributed by atoms with Crippen molar-refractivity contribution in [1.29, 1.82) is 0 Å². The summed E-state index contributed by atoms with van der Waals surface area (Å²) >= 11 is 0. The van der Waals surface area contributed by atoms with E-state index < -0.39 is 0 Å². The van der Waals surface area contributed by atoms with Crippen molar-refractivity contribution in [2.45, 2.75) is 6.04 Å². The first-order valence-corrected chi connectivity index (χ1v) is 5.98. The fourth-order valence-electron chi connectivity index (χ4n) is 2.14. The third kappa shape index (κ3) is 1.97. The Bertz CT molecular complexity index is 556. The first kappa shape index (κ1) is 10.9. The van der Waals surface area contributed by atoms with E-state index in [0.29, 0.717) is 6.61 Å². The minimum atomic E-state index is 0.190. The van der Waals surface area contributed by atoms with Gasteiger partial charge in [0.15, 0.2) is 0 Å². The monoisotopic (exact) mass is 241 g/mol. The summed E-state index contributed by atoms with van der Waals surface area (Å²) in [7, 11) is 1.88. The molecule has 0 saturated heterocycles. The minimum absolute atomic E-state index is 0.190. The van der Waals surface area contributed by atoms with E-state index >= 15 is 0 Å². The van der Waals surface area contributed by atoms with Crippen LogP contribution in [0.1, 0.15) is 11.6 Å². The number of nitrogens with zero attached hydrogens (tertiary/aromatic N) is 1. The first-order chi connectivity index (χ1) is 8.86. The predicted octanol–water partition coefficient (Wildman–Crippen LogP) is 2.67. The molecule has 0 aliphatic carbocycles. The Labute approximate surface area is 106 Å². The molecule has 1 aliphatic heterocycles. The number of fused-ring (bicyclic) bond motifs is 1. The molecule has 0 saturated carbocycles. The van der Waals surface area contributed by atoms with Crippen molar-refractivity contribution in [3.63, 3.8) is 0 Å². The van der Waals surface area contributed by atoms with Crippen LogP contribution in [0.25, 0.3) is 0 Å². The number of hydrogen-bond donors (Lipinski definition) is 2. The molecule has 1 aliphatic rings. The van der Waals surface area contributed by atoms with Crippen molar-refractivity contribution in [2.24, 2.45) is 0 Å². The van der Waals surface area contributed by atoms with Crippen molar-refractivity contribution in [1.82, 2.24) is 4.98 Å². The van der Waals surface area contributed by atoms with Gasteiger partial charge in [0.25, 0.3) is 0 Å². The summed E-state index contributed by atoms with van der Waals surface area (Å²) in [5.74, 6) is 0.965. The van der Waals surface area contributed by atoms with Crippen LogP contribution in [0.15, 0.2) is 42.7 Å². The van der Waals surface area contributed by atoms with Gasteiger partial charge in [-0.3, -0.25) is 4.98 Å². The van der Waals surface area contributed by atoms with Crippen LogP contribution in [-0.2, 0) is 0 Å². The van der Waals surface area contributed by atoms with Gasteiger partial charge in [-0.15, -0.1) is 0 Å². The summed E-state index contributed by atoms with van der Waals surface area (Å²) in [6, 6.07) is 10.3. The van der Waals surface area contributed by atoms with Crippen LogP contribution in [-0.4, -0.2) is 18.6 Å². The van der Waals surface area contributed by atoms with Crippen molar-refractivity contribution in [3.8, 4) is 5.75 Å². The molecule has 1 aromatic heterocycles. The topological polar surface area (TPSA) is 46.2 Å². The number of nitrogens with one attached hydrogen (secondary N) is 2. The molecule has 2 N–H and O–H groups in total. The van der Waals surface area contributed by atoms with E-state index in [1.165, 1.54) is 5.56 Å². The molecule has 1 unspecified atom stereocenters. The molecular formula is C14H15N3O. The summed E-state index contributed by atoms with van der Waals surface area (Å²) in [6.45, 7) is 0.656. The van der Waals surface area contributed by atoms with Gasteiger partial charge in [0.1, 0.15) is 12.4 Å². The van der Waals surface area contributed by atoms with Crippen LogP contribution in [0, 0.1) is 0 Å². The van der Waals surface area contributed by atoms with Gasteiger partial charge in [-0.05, 0) is 12.1 Å².